The second kappa shape index (κ2) is 6.52. The minimum absolute atomic E-state index is 0.127. The average molecular weight is 275 g/mol. The maximum Gasteiger partial charge on any atom is 0.242 e. The lowest BCUT2D eigenvalue weighted by molar-refractivity contribution is -0.129. The van der Waals surface area contributed by atoms with Crippen LogP contribution < -0.4 is 16.0 Å². The summed E-state index contributed by atoms with van der Waals surface area (Å²) in [6.45, 7) is 4.80. The highest BCUT2D eigenvalue weighted by Crippen LogP contribution is 2.16. The van der Waals surface area contributed by atoms with Crippen molar-refractivity contribution >= 4 is 11.8 Å². The number of carbonyl (C=O) groups is 2. The number of likely N-dealkylation sites (N-methyl/N-ethyl adjacent to an activating group) is 1. The predicted octanol–water partition coefficient (Wildman–Crippen LogP) is 0.342. The molecule has 2 amide bonds. The molecule has 1 aliphatic rings. The van der Waals surface area contributed by atoms with E-state index in [1.807, 2.05) is 25.1 Å². The van der Waals surface area contributed by atoms with Gasteiger partial charge in [0.1, 0.15) is 6.04 Å². The maximum atomic E-state index is 12.2. The fourth-order valence-corrected chi connectivity index (χ4v) is 2.35. The number of carbonyl (C=O) groups excluding carboxylic acids is 2. The number of nitrogens with one attached hydrogen (secondary N) is 3. The molecule has 0 bridgehead atoms. The predicted molar refractivity (Wildman–Crippen MR) is 77.1 cm³/mol. The van der Waals surface area contributed by atoms with Gasteiger partial charge in [0.25, 0.3) is 0 Å². The van der Waals surface area contributed by atoms with E-state index in [0.717, 1.165) is 0 Å². The lowest BCUT2D eigenvalue weighted by Crippen LogP contribution is -2.53. The van der Waals surface area contributed by atoms with Gasteiger partial charge in [-0.05, 0) is 31.4 Å². The first-order valence-corrected chi connectivity index (χ1v) is 7.00. The van der Waals surface area contributed by atoms with E-state index in [9.17, 15) is 9.59 Å². The Hall–Kier alpha value is -1.88. The summed E-state index contributed by atoms with van der Waals surface area (Å²) < 4.78 is 0. The zero-order chi connectivity index (χ0) is 14.5. The Bertz CT molecular complexity index is 502. The van der Waals surface area contributed by atoms with Crippen molar-refractivity contribution in [2.24, 2.45) is 0 Å². The number of amides is 2. The lowest BCUT2D eigenvalue weighted by Gasteiger charge is -2.26. The number of hydrogen-bond acceptors (Lipinski definition) is 3. The Morgan fingerprint density at radius 1 is 1.35 bits per heavy atom. The molecule has 0 saturated heterocycles. The highest BCUT2D eigenvalue weighted by atomic mass is 16.2. The molecule has 1 unspecified atom stereocenters. The van der Waals surface area contributed by atoms with Crippen LogP contribution in [0.1, 0.15) is 25.0 Å². The van der Waals surface area contributed by atoms with Crippen molar-refractivity contribution in [1.82, 2.24) is 16.0 Å². The first kappa shape index (κ1) is 14.5. The molecule has 0 radical (unpaired) electrons. The summed E-state index contributed by atoms with van der Waals surface area (Å²) in [5.41, 5.74) is 2.42. The summed E-state index contributed by atoms with van der Waals surface area (Å²) >= 11 is 0. The van der Waals surface area contributed by atoms with Crippen molar-refractivity contribution in [3.8, 4) is 0 Å². The number of fused-ring (bicyclic) bond motifs is 1. The van der Waals surface area contributed by atoms with Crippen molar-refractivity contribution in [2.45, 2.75) is 38.9 Å². The Balaban J connectivity index is 1.93. The molecule has 1 heterocycles. The quantitative estimate of drug-likeness (QED) is 0.742. The molecule has 2 atom stereocenters. The molecule has 1 aromatic carbocycles. The van der Waals surface area contributed by atoms with Crippen LogP contribution in [0.5, 0.6) is 0 Å². The van der Waals surface area contributed by atoms with Crippen molar-refractivity contribution in [3.05, 3.63) is 35.4 Å². The molecule has 20 heavy (non-hydrogen) atoms. The molecular weight excluding hydrogens is 254 g/mol. The monoisotopic (exact) mass is 275 g/mol. The van der Waals surface area contributed by atoms with E-state index < -0.39 is 6.04 Å². The van der Waals surface area contributed by atoms with Crippen LogP contribution in [-0.4, -0.2) is 30.4 Å². The van der Waals surface area contributed by atoms with Crippen LogP contribution >= 0.6 is 0 Å². The molecular formula is C15H21N3O2. The zero-order valence-corrected chi connectivity index (χ0v) is 11.9. The zero-order valence-electron chi connectivity index (χ0n) is 11.9. The summed E-state index contributed by atoms with van der Waals surface area (Å²) in [5.74, 6) is -0.282. The summed E-state index contributed by atoms with van der Waals surface area (Å²) in [6, 6.07) is 7.30. The molecule has 0 aliphatic carbocycles. The van der Waals surface area contributed by atoms with Crippen molar-refractivity contribution < 1.29 is 9.59 Å². The van der Waals surface area contributed by atoms with Gasteiger partial charge >= 0.3 is 0 Å². The molecule has 108 valence electrons. The van der Waals surface area contributed by atoms with E-state index >= 15 is 0 Å². The maximum absolute atomic E-state index is 12.2. The molecule has 2 rings (SSSR count). The van der Waals surface area contributed by atoms with Crippen LogP contribution in [0.25, 0.3) is 0 Å². The van der Waals surface area contributed by atoms with Crippen molar-refractivity contribution in [3.63, 3.8) is 0 Å². The third-order valence-electron chi connectivity index (χ3n) is 3.50. The van der Waals surface area contributed by atoms with Gasteiger partial charge in [-0.15, -0.1) is 0 Å². The van der Waals surface area contributed by atoms with E-state index in [1.54, 1.807) is 6.92 Å². The van der Waals surface area contributed by atoms with Crippen LogP contribution in [0.3, 0.4) is 0 Å². The summed E-state index contributed by atoms with van der Waals surface area (Å²) in [6.07, 6.45) is 0.657. The SMILES string of the molecule is CCNC(=O)C(C)NC(=O)[C@H]1Cc2ccccc2CN1. The van der Waals surface area contributed by atoms with E-state index in [1.165, 1.54) is 11.1 Å². The highest BCUT2D eigenvalue weighted by Gasteiger charge is 2.26. The van der Waals surface area contributed by atoms with Crippen molar-refractivity contribution in [2.75, 3.05) is 6.54 Å². The highest BCUT2D eigenvalue weighted by molar-refractivity contribution is 5.89. The average Bonchev–Trinajstić information content (AvgIpc) is 2.46. The third kappa shape index (κ3) is 3.36. The van der Waals surface area contributed by atoms with Gasteiger partial charge in [-0.3, -0.25) is 9.59 Å². The number of hydrogen-bond donors (Lipinski definition) is 3. The standard InChI is InChI=1S/C15H21N3O2/c1-3-16-14(19)10(2)18-15(20)13-8-11-6-4-5-7-12(11)9-17-13/h4-7,10,13,17H,3,8-9H2,1-2H3,(H,16,19)(H,18,20)/t10?,13-/m1/s1. The van der Waals surface area contributed by atoms with Gasteiger partial charge in [0.05, 0.1) is 6.04 Å². The smallest absolute Gasteiger partial charge is 0.242 e. The molecule has 1 aromatic rings. The summed E-state index contributed by atoms with van der Waals surface area (Å²) in [5, 5.41) is 8.65. The Kier molecular flexibility index (Phi) is 4.74. The molecule has 5 nitrogen and oxygen atoms in total. The van der Waals surface area contributed by atoms with Gasteiger partial charge in [0.15, 0.2) is 0 Å². The van der Waals surface area contributed by atoms with E-state index in [0.29, 0.717) is 19.5 Å². The summed E-state index contributed by atoms with van der Waals surface area (Å²) in [4.78, 5) is 23.8. The van der Waals surface area contributed by atoms with E-state index in [4.69, 9.17) is 0 Å². The van der Waals surface area contributed by atoms with Gasteiger partial charge in [0, 0.05) is 13.1 Å². The number of benzene rings is 1. The van der Waals surface area contributed by atoms with Crippen LogP contribution in [-0.2, 0) is 22.6 Å². The molecule has 0 fully saturated rings. The van der Waals surface area contributed by atoms with Gasteiger partial charge in [0.2, 0.25) is 11.8 Å². The van der Waals surface area contributed by atoms with E-state index in [2.05, 4.69) is 22.0 Å². The fraction of sp³-hybridized carbons (Fsp3) is 0.467. The molecule has 0 spiro atoms. The van der Waals surface area contributed by atoms with Crippen LogP contribution in [0, 0.1) is 0 Å². The van der Waals surface area contributed by atoms with Crippen LogP contribution in [0.15, 0.2) is 24.3 Å². The molecule has 1 aliphatic heterocycles. The Labute approximate surface area is 119 Å². The minimum Gasteiger partial charge on any atom is -0.355 e. The molecule has 5 heteroatoms. The summed E-state index contributed by atoms with van der Waals surface area (Å²) in [7, 11) is 0. The molecule has 0 saturated carbocycles. The van der Waals surface area contributed by atoms with Gasteiger partial charge < -0.3 is 16.0 Å². The first-order chi connectivity index (χ1) is 9.61. The second-order valence-electron chi connectivity index (χ2n) is 5.03. The Morgan fingerprint density at radius 3 is 2.75 bits per heavy atom. The van der Waals surface area contributed by atoms with Crippen LogP contribution in [0.4, 0.5) is 0 Å². The van der Waals surface area contributed by atoms with E-state index in [-0.39, 0.29) is 17.9 Å². The topological polar surface area (TPSA) is 70.2 Å². The first-order valence-electron chi connectivity index (χ1n) is 7.00. The Morgan fingerprint density at radius 2 is 2.05 bits per heavy atom. The van der Waals surface area contributed by atoms with Gasteiger partial charge in [-0.1, -0.05) is 24.3 Å². The van der Waals surface area contributed by atoms with Crippen LogP contribution in [0.2, 0.25) is 0 Å². The largest absolute Gasteiger partial charge is 0.355 e. The second-order valence-corrected chi connectivity index (χ2v) is 5.03. The molecule has 3 N–H and O–H groups in total. The molecule has 0 aromatic heterocycles. The third-order valence-corrected chi connectivity index (χ3v) is 3.50. The minimum atomic E-state index is -0.513. The van der Waals surface area contributed by atoms with Gasteiger partial charge in [-0.2, -0.15) is 0 Å². The lowest BCUT2D eigenvalue weighted by atomic mass is 9.95. The normalized spacial score (nSPS) is 18.8. The fourth-order valence-electron chi connectivity index (χ4n) is 2.35. The number of rotatable bonds is 4. The van der Waals surface area contributed by atoms with Crippen molar-refractivity contribution in [1.29, 1.82) is 0 Å². The van der Waals surface area contributed by atoms with Gasteiger partial charge in [-0.25, -0.2) is 0 Å².